The van der Waals surface area contributed by atoms with Crippen LogP contribution in [0, 0.1) is 0 Å². The minimum Gasteiger partial charge on any atom is -0.325 e. The maximum absolute atomic E-state index is 10.7. The molecule has 0 heterocycles. The molecule has 2 N–H and O–H groups in total. The number of carbonyl (C=O) groups is 2. The van der Waals surface area contributed by atoms with Gasteiger partial charge in [-0.2, -0.15) is 0 Å². The van der Waals surface area contributed by atoms with Gasteiger partial charge in [-0.3, -0.25) is 9.59 Å². The molecule has 2 aromatic carbocycles. The van der Waals surface area contributed by atoms with Crippen molar-refractivity contribution in [3.8, 4) is 0 Å². The van der Waals surface area contributed by atoms with Gasteiger partial charge in [-0.15, -0.1) is 23.2 Å². The first-order valence-corrected chi connectivity index (χ1v) is 7.54. The Morgan fingerprint density at radius 3 is 1.27 bits per heavy atom. The van der Waals surface area contributed by atoms with Gasteiger partial charge in [-0.1, -0.05) is 36.4 Å². The van der Waals surface area contributed by atoms with E-state index in [9.17, 15) is 9.59 Å². The lowest BCUT2D eigenvalue weighted by molar-refractivity contribution is -0.114. The van der Waals surface area contributed by atoms with E-state index < -0.39 is 0 Å². The lowest BCUT2D eigenvalue weighted by atomic mass is 10.3. The van der Waals surface area contributed by atoms with Gasteiger partial charge in [0.1, 0.15) is 11.8 Å². The van der Waals surface area contributed by atoms with Crippen molar-refractivity contribution in [2.75, 3.05) is 22.4 Å². The third kappa shape index (κ3) is 7.67. The highest BCUT2D eigenvalue weighted by Gasteiger charge is 1.97. The van der Waals surface area contributed by atoms with Crippen LogP contribution in [0.5, 0.6) is 0 Å². The highest BCUT2D eigenvalue weighted by Crippen LogP contribution is 2.05. The number of carbonyl (C=O) groups excluding carboxylic acids is 2. The number of hydrogen-bond acceptors (Lipinski definition) is 2. The third-order valence-corrected chi connectivity index (χ3v) is 2.84. The summed E-state index contributed by atoms with van der Waals surface area (Å²) in [6.07, 6.45) is 0. The number of hydrogen-bond donors (Lipinski definition) is 2. The fourth-order valence-electron chi connectivity index (χ4n) is 1.43. The average Bonchev–Trinajstić information content (AvgIpc) is 2.57. The molecule has 0 aliphatic rings. The van der Waals surface area contributed by atoms with Crippen molar-refractivity contribution in [1.82, 2.24) is 0 Å². The van der Waals surface area contributed by atoms with E-state index >= 15 is 0 Å². The molecule has 6 heteroatoms. The van der Waals surface area contributed by atoms with Crippen molar-refractivity contribution in [1.29, 1.82) is 0 Å². The second kappa shape index (κ2) is 10.7. The Morgan fingerprint density at radius 1 is 0.682 bits per heavy atom. The van der Waals surface area contributed by atoms with E-state index in [-0.39, 0.29) is 23.6 Å². The molecule has 2 aromatic rings. The first kappa shape index (κ1) is 18.0. The van der Waals surface area contributed by atoms with Crippen LogP contribution in [0.25, 0.3) is 0 Å². The predicted molar refractivity (Wildman–Crippen MR) is 91.6 cm³/mol. The molecule has 0 bridgehead atoms. The van der Waals surface area contributed by atoms with Gasteiger partial charge < -0.3 is 10.6 Å². The van der Waals surface area contributed by atoms with E-state index in [1.54, 1.807) is 0 Å². The Balaban J connectivity index is 0.000000220. The summed E-state index contributed by atoms with van der Waals surface area (Å²) in [6, 6.07) is 18.4. The van der Waals surface area contributed by atoms with Gasteiger partial charge in [0.2, 0.25) is 11.8 Å². The summed E-state index contributed by atoms with van der Waals surface area (Å²) >= 11 is 10.6. The van der Waals surface area contributed by atoms with Gasteiger partial charge in [0, 0.05) is 11.4 Å². The molecular formula is C16H16Cl2N2O2. The molecule has 0 saturated heterocycles. The Kier molecular flexibility index (Phi) is 8.72. The average molecular weight is 339 g/mol. The van der Waals surface area contributed by atoms with Crippen LogP contribution in [-0.2, 0) is 9.59 Å². The Labute approximate surface area is 139 Å². The predicted octanol–water partition coefficient (Wildman–Crippen LogP) is 3.73. The van der Waals surface area contributed by atoms with Crippen LogP contribution in [0.15, 0.2) is 60.7 Å². The van der Waals surface area contributed by atoms with Gasteiger partial charge in [0.25, 0.3) is 0 Å². The standard InChI is InChI=1S/2C8H8ClNO/c2*9-6-8(11)10-7-4-2-1-3-5-7/h2*1-5H,6H2,(H,10,11). The molecule has 22 heavy (non-hydrogen) atoms. The molecule has 0 unspecified atom stereocenters. The van der Waals surface area contributed by atoms with E-state index in [1.165, 1.54) is 0 Å². The SMILES string of the molecule is O=C(CCl)Nc1ccccc1.O=C(CCl)Nc1ccccc1. The third-order valence-electron chi connectivity index (χ3n) is 2.36. The van der Waals surface area contributed by atoms with Crippen molar-refractivity contribution in [3.05, 3.63) is 60.7 Å². The molecule has 2 rings (SSSR count). The molecule has 0 fully saturated rings. The zero-order valence-corrected chi connectivity index (χ0v) is 13.3. The summed E-state index contributed by atoms with van der Waals surface area (Å²) in [5.74, 6) is -0.375. The monoisotopic (exact) mass is 338 g/mol. The quantitative estimate of drug-likeness (QED) is 0.834. The number of rotatable bonds is 4. The first-order valence-electron chi connectivity index (χ1n) is 6.47. The fraction of sp³-hybridized carbons (Fsp3) is 0.125. The number of benzene rings is 2. The molecule has 116 valence electrons. The van der Waals surface area contributed by atoms with Gasteiger partial charge in [-0.25, -0.2) is 0 Å². The highest BCUT2D eigenvalue weighted by molar-refractivity contribution is 6.29. The number of anilines is 2. The smallest absolute Gasteiger partial charge is 0.239 e. The van der Waals surface area contributed by atoms with Gasteiger partial charge in [0.15, 0.2) is 0 Å². The largest absolute Gasteiger partial charge is 0.325 e. The Hall–Kier alpha value is -2.04. The van der Waals surface area contributed by atoms with Crippen molar-refractivity contribution < 1.29 is 9.59 Å². The summed E-state index contributed by atoms with van der Waals surface area (Å²) in [5.41, 5.74) is 1.55. The summed E-state index contributed by atoms with van der Waals surface area (Å²) in [7, 11) is 0. The highest BCUT2D eigenvalue weighted by atomic mass is 35.5. The molecule has 0 aliphatic carbocycles. The maximum Gasteiger partial charge on any atom is 0.239 e. The van der Waals surface area contributed by atoms with Crippen LogP contribution in [0.2, 0.25) is 0 Å². The lowest BCUT2D eigenvalue weighted by Crippen LogP contribution is -2.12. The summed E-state index contributed by atoms with van der Waals surface area (Å²) in [5, 5.41) is 5.24. The number of para-hydroxylation sites is 2. The van der Waals surface area contributed by atoms with Crippen molar-refractivity contribution >= 4 is 46.4 Å². The molecular weight excluding hydrogens is 323 g/mol. The summed E-state index contributed by atoms with van der Waals surface area (Å²) < 4.78 is 0. The van der Waals surface area contributed by atoms with Crippen molar-refractivity contribution in [2.45, 2.75) is 0 Å². The molecule has 0 saturated carbocycles. The number of amides is 2. The fourth-order valence-corrected chi connectivity index (χ4v) is 1.57. The molecule has 0 atom stereocenters. The van der Waals surface area contributed by atoms with E-state index in [1.807, 2.05) is 60.7 Å². The molecule has 4 nitrogen and oxygen atoms in total. The van der Waals surface area contributed by atoms with Crippen LogP contribution in [0.4, 0.5) is 11.4 Å². The van der Waals surface area contributed by atoms with E-state index in [0.717, 1.165) is 11.4 Å². The molecule has 0 aliphatic heterocycles. The van der Waals surface area contributed by atoms with Crippen LogP contribution < -0.4 is 10.6 Å². The molecule has 0 radical (unpaired) electrons. The number of halogens is 2. The van der Waals surface area contributed by atoms with Crippen molar-refractivity contribution in [3.63, 3.8) is 0 Å². The Morgan fingerprint density at radius 2 is 1.00 bits per heavy atom. The van der Waals surface area contributed by atoms with Crippen LogP contribution in [-0.4, -0.2) is 23.6 Å². The van der Waals surface area contributed by atoms with E-state index in [2.05, 4.69) is 10.6 Å². The van der Waals surface area contributed by atoms with Crippen LogP contribution in [0.1, 0.15) is 0 Å². The maximum atomic E-state index is 10.7. The second-order valence-electron chi connectivity index (χ2n) is 4.10. The minimum absolute atomic E-state index is 0.00507. The number of alkyl halides is 2. The van der Waals surface area contributed by atoms with Crippen molar-refractivity contribution in [2.24, 2.45) is 0 Å². The van der Waals surface area contributed by atoms with E-state index in [4.69, 9.17) is 23.2 Å². The zero-order chi connectivity index (χ0) is 16.2. The topological polar surface area (TPSA) is 58.2 Å². The molecule has 0 spiro atoms. The van der Waals surface area contributed by atoms with Gasteiger partial charge in [-0.05, 0) is 24.3 Å². The zero-order valence-electron chi connectivity index (χ0n) is 11.8. The first-order chi connectivity index (χ1) is 10.7. The van der Waals surface area contributed by atoms with Gasteiger partial charge >= 0.3 is 0 Å². The number of nitrogens with one attached hydrogen (secondary N) is 2. The van der Waals surface area contributed by atoms with E-state index in [0.29, 0.717) is 0 Å². The van der Waals surface area contributed by atoms with Crippen LogP contribution >= 0.6 is 23.2 Å². The minimum atomic E-state index is -0.183. The molecule has 2 amide bonds. The second-order valence-corrected chi connectivity index (χ2v) is 4.63. The lowest BCUT2D eigenvalue weighted by Gasteiger charge is -2.00. The van der Waals surface area contributed by atoms with Crippen LogP contribution in [0.3, 0.4) is 0 Å². The summed E-state index contributed by atoms with van der Waals surface area (Å²) in [6.45, 7) is 0. The van der Waals surface area contributed by atoms with Gasteiger partial charge in [0.05, 0.1) is 0 Å². The normalized spacial score (nSPS) is 9.18. The Bertz CT molecular complexity index is 524. The molecule has 0 aromatic heterocycles. The summed E-state index contributed by atoms with van der Waals surface area (Å²) in [4.78, 5) is 21.5.